The number of imidazole rings is 1. The highest BCUT2D eigenvalue weighted by molar-refractivity contribution is 5.51. The highest BCUT2D eigenvalue weighted by Crippen LogP contribution is 2.34. The Labute approximate surface area is 155 Å². The van der Waals surface area contributed by atoms with Crippen LogP contribution in [0.3, 0.4) is 0 Å². The van der Waals surface area contributed by atoms with Crippen molar-refractivity contribution in [1.29, 1.82) is 0 Å². The Balaban J connectivity index is 1.40. The number of aromatic amines is 1. The summed E-state index contributed by atoms with van der Waals surface area (Å²) in [6, 6.07) is 0. The molecule has 2 fully saturated rings. The SMILES string of the molecule is c1ncc(CN2CCc3nc(CC4CC4)nc(N4CCCC4)c3CC2)[nH]1. The summed E-state index contributed by atoms with van der Waals surface area (Å²) >= 11 is 0. The lowest BCUT2D eigenvalue weighted by Gasteiger charge is -2.22. The number of fused-ring (bicyclic) bond motifs is 1. The number of hydrogen-bond donors (Lipinski definition) is 1. The van der Waals surface area contributed by atoms with Gasteiger partial charge >= 0.3 is 0 Å². The molecule has 4 heterocycles. The van der Waals surface area contributed by atoms with Gasteiger partial charge in [0.15, 0.2) is 0 Å². The summed E-state index contributed by atoms with van der Waals surface area (Å²) in [5, 5.41) is 0. The summed E-state index contributed by atoms with van der Waals surface area (Å²) < 4.78 is 0. The minimum atomic E-state index is 0.835. The van der Waals surface area contributed by atoms with Crippen LogP contribution in [0, 0.1) is 5.92 Å². The molecule has 5 rings (SSSR count). The first kappa shape index (κ1) is 16.2. The predicted molar refractivity (Wildman–Crippen MR) is 101 cm³/mol. The van der Waals surface area contributed by atoms with E-state index in [4.69, 9.17) is 9.97 Å². The van der Waals surface area contributed by atoms with Crippen LogP contribution in [-0.4, -0.2) is 51.0 Å². The van der Waals surface area contributed by atoms with Crippen LogP contribution in [0.4, 0.5) is 5.82 Å². The smallest absolute Gasteiger partial charge is 0.135 e. The zero-order valence-electron chi connectivity index (χ0n) is 15.5. The largest absolute Gasteiger partial charge is 0.356 e. The number of nitrogens with one attached hydrogen (secondary N) is 1. The Morgan fingerprint density at radius 2 is 1.88 bits per heavy atom. The fourth-order valence-corrected chi connectivity index (χ4v) is 4.31. The lowest BCUT2D eigenvalue weighted by Crippen LogP contribution is -2.26. The van der Waals surface area contributed by atoms with E-state index in [9.17, 15) is 0 Å². The van der Waals surface area contributed by atoms with Gasteiger partial charge in [0.2, 0.25) is 0 Å². The molecule has 1 N–H and O–H groups in total. The molecule has 138 valence electrons. The van der Waals surface area contributed by atoms with E-state index in [0.717, 1.165) is 63.7 Å². The Hall–Kier alpha value is -1.95. The zero-order chi connectivity index (χ0) is 17.3. The molecule has 2 aromatic rings. The number of rotatable bonds is 5. The van der Waals surface area contributed by atoms with Gasteiger partial charge in [0.25, 0.3) is 0 Å². The van der Waals surface area contributed by atoms with Crippen molar-refractivity contribution >= 4 is 5.82 Å². The van der Waals surface area contributed by atoms with Crippen LogP contribution in [-0.2, 0) is 25.8 Å². The average molecular weight is 352 g/mol. The molecule has 3 aliphatic rings. The Kier molecular flexibility index (Phi) is 4.36. The third-order valence-electron chi connectivity index (χ3n) is 5.98. The zero-order valence-corrected chi connectivity index (χ0v) is 15.5. The highest BCUT2D eigenvalue weighted by Gasteiger charge is 2.27. The molecule has 6 heteroatoms. The standard InChI is InChI=1S/C20H28N6/c1-2-8-26(7-1)20-17-5-9-25(13-16-12-21-14-22-16)10-6-18(17)23-19(24-20)11-15-3-4-15/h12,14-15H,1-11,13H2,(H,21,22). The summed E-state index contributed by atoms with van der Waals surface area (Å²) in [5.41, 5.74) is 3.92. The minimum absolute atomic E-state index is 0.835. The molecule has 6 nitrogen and oxygen atoms in total. The third-order valence-corrected chi connectivity index (χ3v) is 5.98. The van der Waals surface area contributed by atoms with Crippen LogP contribution >= 0.6 is 0 Å². The molecule has 2 aliphatic heterocycles. The lowest BCUT2D eigenvalue weighted by atomic mass is 10.1. The fraction of sp³-hybridized carbons (Fsp3) is 0.650. The van der Waals surface area contributed by atoms with Crippen molar-refractivity contribution in [1.82, 2.24) is 24.8 Å². The second-order valence-electron chi connectivity index (χ2n) is 8.08. The van der Waals surface area contributed by atoms with Gasteiger partial charge in [0.05, 0.1) is 12.0 Å². The number of anilines is 1. The van der Waals surface area contributed by atoms with E-state index in [1.165, 1.54) is 48.5 Å². The van der Waals surface area contributed by atoms with Crippen molar-refractivity contribution in [2.75, 3.05) is 31.1 Å². The van der Waals surface area contributed by atoms with Crippen molar-refractivity contribution in [3.63, 3.8) is 0 Å². The monoisotopic (exact) mass is 352 g/mol. The second-order valence-corrected chi connectivity index (χ2v) is 8.08. The first-order valence-electron chi connectivity index (χ1n) is 10.2. The molecule has 0 amide bonds. The molecular weight excluding hydrogens is 324 g/mol. The van der Waals surface area contributed by atoms with E-state index >= 15 is 0 Å². The van der Waals surface area contributed by atoms with Gasteiger partial charge in [-0.2, -0.15) is 0 Å². The molecule has 1 aliphatic carbocycles. The van der Waals surface area contributed by atoms with Crippen molar-refractivity contribution in [3.8, 4) is 0 Å². The number of aromatic nitrogens is 4. The second kappa shape index (κ2) is 6.99. The topological polar surface area (TPSA) is 60.9 Å². The molecular formula is C20H28N6. The van der Waals surface area contributed by atoms with Gasteiger partial charge in [0.1, 0.15) is 11.6 Å². The number of nitrogens with zero attached hydrogens (tertiary/aromatic N) is 5. The van der Waals surface area contributed by atoms with Crippen LogP contribution in [0.15, 0.2) is 12.5 Å². The number of H-pyrrole nitrogens is 1. The van der Waals surface area contributed by atoms with Crippen molar-refractivity contribution < 1.29 is 0 Å². The van der Waals surface area contributed by atoms with Crippen LogP contribution in [0.5, 0.6) is 0 Å². The summed E-state index contributed by atoms with van der Waals surface area (Å²) in [5.74, 6) is 3.18. The average Bonchev–Trinajstić information content (AvgIpc) is 3.11. The first-order valence-corrected chi connectivity index (χ1v) is 10.2. The van der Waals surface area contributed by atoms with Crippen LogP contribution in [0.2, 0.25) is 0 Å². The number of hydrogen-bond acceptors (Lipinski definition) is 5. The fourth-order valence-electron chi connectivity index (χ4n) is 4.31. The molecule has 0 bridgehead atoms. The van der Waals surface area contributed by atoms with Crippen molar-refractivity contribution in [3.05, 3.63) is 35.3 Å². The molecule has 1 saturated carbocycles. The maximum Gasteiger partial charge on any atom is 0.135 e. The van der Waals surface area contributed by atoms with Gasteiger partial charge in [-0.05, 0) is 38.0 Å². The molecule has 26 heavy (non-hydrogen) atoms. The van der Waals surface area contributed by atoms with Gasteiger partial charge < -0.3 is 9.88 Å². The molecule has 0 aromatic carbocycles. The summed E-state index contributed by atoms with van der Waals surface area (Å²) in [6.07, 6.45) is 12.2. The van der Waals surface area contributed by atoms with Gasteiger partial charge in [0, 0.05) is 63.0 Å². The van der Waals surface area contributed by atoms with E-state index in [1.54, 1.807) is 6.33 Å². The maximum absolute atomic E-state index is 5.07. The predicted octanol–water partition coefficient (Wildman–Crippen LogP) is 2.35. The normalized spacial score (nSPS) is 21.0. The Bertz CT molecular complexity index is 746. The van der Waals surface area contributed by atoms with Gasteiger partial charge in [-0.1, -0.05) is 0 Å². The van der Waals surface area contributed by atoms with Crippen LogP contribution in [0.1, 0.15) is 48.5 Å². The summed E-state index contributed by atoms with van der Waals surface area (Å²) in [6.45, 7) is 5.38. The van der Waals surface area contributed by atoms with Gasteiger partial charge in [-0.3, -0.25) is 4.90 Å². The first-order chi connectivity index (χ1) is 12.8. The van der Waals surface area contributed by atoms with Crippen LogP contribution in [0.25, 0.3) is 0 Å². The van der Waals surface area contributed by atoms with Crippen molar-refractivity contribution in [2.45, 2.75) is 51.5 Å². The maximum atomic E-state index is 5.07. The lowest BCUT2D eigenvalue weighted by molar-refractivity contribution is 0.276. The van der Waals surface area contributed by atoms with E-state index < -0.39 is 0 Å². The van der Waals surface area contributed by atoms with E-state index in [2.05, 4.69) is 19.8 Å². The Morgan fingerprint density at radius 1 is 1.04 bits per heavy atom. The molecule has 0 radical (unpaired) electrons. The molecule has 2 aromatic heterocycles. The van der Waals surface area contributed by atoms with Gasteiger partial charge in [-0.15, -0.1) is 0 Å². The molecule has 0 unspecified atom stereocenters. The molecule has 0 spiro atoms. The Morgan fingerprint density at radius 3 is 2.65 bits per heavy atom. The summed E-state index contributed by atoms with van der Waals surface area (Å²) in [4.78, 5) is 22.5. The van der Waals surface area contributed by atoms with Gasteiger partial charge in [-0.25, -0.2) is 15.0 Å². The third kappa shape index (κ3) is 3.47. The van der Waals surface area contributed by atoms with Crippen molar-refractivity contribution in [2.24, 2.45) is 5.92 Å². The van der Waals surface area contributed by atoms with Crippen LogP contribution < -0.4 is 4.90 Å². The molecule has 0 atom stereocenters. The van der Waals surface area contributed by atoms with E-state index in [1.807, 2.05) is 6.20 Å². The summed E-state index contributed by atoms with van der Waals surface area (Å²) in [7, 11) is 0. The van der Waals surface area contributed by atoms with E-state index in [0.29, 0.717) is 0 Å². The van der Waals surface area contributed by atoms with E-state index in [-0.39, 0.29) is 0 Å². The minimum Gasteiger partial charge on any atom is -0.356 e. The highest BCUT2D eigenvalue weighted by atomic mass is 15.2. The quantitative estimate of drug-likeness (QED) is 0.895. The molecule has 1 saturated heterocycles.